The lowest BCUT2D eigenvalue weighted by atomic mass is 10.2. The van der Waals surface area contributed by atoms with Crippen molar-refractivity contribution >= 4 is 6.16 Å². The second-order valence-corrected chi connectivity index (χ2v) is 8.65. The molecule has 1 aliphatic rings. The Morgan fingerprint density at radius 1 is 1.05 bits per heavy atom. The van der Waals surface area contributed by atoms with Crippen LogP contribution in [0.5, 0.6) is 17.2 Å². The van der Waals surface area contributed by atoms with Gasteiger partial charge < -0.3 is 14.2 Å². The van der Waals surface area contributed by atoms with E-state index in [1.165, 1.54) is 3.57 Å². The number of benzene rings is 2. The lowest BCUT2D eigenvalue weighted by Gasteiger charge is -2.18. The highest BCUT2D eigenvalue weighted by Gasteiger charge is 2.32. The fourth-order valence-corrected chi connectivity index (χ4v) is 4.49. The second-order valence-electron chi connectivity index (χ2n) is 5.79. The van der Waals surface area contributed by atoms with E-state index in [4.69, 9.17) is 14.2 Å². The van der Waals surface area contributed by atoms with Gasteiger partial charge in [-0.15, -0.1) is 0 Å². The quantitative estimate of drug-likeness (QED) is 0.344. The highest BCUT2D eigenvalue weighted by molar-refractivity contribution is 5.64. The number of ether oxygens (including phenoxy) is 3. The van der Waals surface area contributed by atoms with Crippen LogP contribution in [0.3, 0.4) is 0 Å². The molecule has 0 bridgehead atoms. The van der Waals surface area contributed by atoms with Crippen molar-refractivity contribution in [2.45, 2.75) is 26.4 Å². The van der Waals surface area contributed by atoms with E-state index < -0.39 is 11.8 Å². The van der Waals surface area contributed by atoms with Gasteiger partial charge in [0.2, 0.25) is 7.14 Å². The number of fused-ring (bicyclic) bond motifs is 2. The van der Waals surface area contributed by atoms with Crippen molar-refractivity contribution in [2.75, 3.05) is 0 Å². The van der Waals surface area contributed by atoms with Crippen molar-refractivity contribution in [2.24, 2.45) is 0 Å². The summed E-state index contributed by atoms with van der Waals surface area (Å²) in [6.45, 7) is 5.41. The third kappa shape index (κ3) is 3.52. The maximum absolute atomic E-state index is 11.7. The molecule has 0 saturated heterocycles. The molecule has 0 atom stereocenters. The molecule has 1 heterocycles. The second kappa shape index (κ2) is 5.79. The van der Waals surface area contributed by atoms with Gasteiger partial charge in [0, 0.05) is 6.07 Å². The van der Waals surface area contributed by atoms with E-state index in [1.807, 2.05) is 30.3 Å². The Balaban J connectivity index is 1.77. The zero-order valence-corrected chi connectivity index (χ0v) is 14.7. The summed E-state index contributed by atoms with van der Waals surface area (Å²) in [4.78, 5) is 11.7. The first-order valence-electron chi connectivity index (χ1n) is 6.87. The van der Waals surface area contributed by atoms with Crippen LogP contribution in [0.15, 0.2) is 42.5 Å². The topological polar surface area (TPSA) is 44.8 Å². The Bertz CT molecular complexity index is 719. The van der Waals surface area contributed by atoms with E-state index in [1.54, 1.807) is 26.8 Å². The van der Waals surface area contributed by atoms with Gasteiger partial charge in [-0.05, 0) is 45.0 Å². The molecular formula is C17H16IO4+. The van der Waals surface area contributed by atoms with Gasteiger partial charge in [-0.2, -0.15) is 0 Å². The first-order chi connectivity index (χ1) is 10.4. The fraction of sp³-hybridized carbons (Fsp3) is 0.235. The molecule has 3 rings (SSSR count). The standard InChI is InChI=1S/C17H16IO4/c1-17(2,3)22-16(19)20-11-8-9-15-13(10-11)18-12-6-4-5-7-14(12)21-15/h4-10H,1-3H3/q+1. The van der Waals surface area contributed by atoms with Crippen molar-refractivity contribution in [3.05, 3.63) is 49.6 Å². The van der Waals surface area contributed by atoms with Crippen molar-refractivity contribution < 1.29 is 40.2 Å². The van der Waals surface area contributed by atoms with Gasteiger partial charge in [-0.3, -0.25) is 0 Å². The van der Waals surface area contributed by atoms with Gasteiger partial charge in [0.15, 0.2) is 11.5 Å². The Labute approximate surface area is 139 Å². The summed E-state index contributed by atoms with van der Waals surface area (Å²) in [5.74, 6) is 2.24. The number of halogens is 1. The van der Waals surface area contributed by atoms with E-state index in [0.29, 0.717) is 5.75 Å². The average molecular weight is 411 g/mol. The van der Waals surface area contributed by atoms with Gasteiger partial charge in [0.25, 0.3) is 0 Å². The molecule has 5 heteroatoms. The molecule has 0 N–H and O–H groups in total. The van der Waals surface area contributed by atoms with Crippen LogP contribution in [-0.4, -0.2) is 11.8 Å². The zero-order chi connectivity index (χ0) is 15.7. The maximum Gasteiger partial charge on any atom is 0.514 e. The molecule has 4 nitrogen and oxygen atoms in total. The third-order valence-electron chi connectivity index (χ3n) is 2.75. The molecule has 0 aromatic heterocycles. The monoisotopic (exact) mass is 411 g/mol. The largest absolute Gasteiger partial charge is 0.514 e. The van der Waals surface area contributed by atoms with Crippen LogP contribution in [0.4, 0.5) is 4.79 Å². The highest BCUT2D eigenvalue weighted by atomic mass is 127. The highest BCUT2D eigenvalue weighted by Crippen LogP contribution is 2.26. The number of rotatable bonds is 1. The summed E-state index contributed by atoms with van der Waals surface area (Å²) in [6.07, 6.45) is -0.692. The fourth-order valence-electron chi connectivity index (χ4n) is 1.90. The Hall–Kier alpha value is -1.76. The molecule has 114 valence electrons. The van der Waals surface area contributed by atoms with E-state index in [9.17, 15) is 4.79 Å². The van der Waals surface area contributed by atoms with Crippen molar-refractivity contribution in [1.29, 1.82) is 0 Å². The Kier molecular flexibility index (Phi) is 3.99. The van der Waals surface area contributed by atoms with Crippen LogP contribution >= 0.6 is 0 Å². The van der Waals surface area contributed by atoms with E-state index >= 15 is 0 Å². The minimum absolute atomic E-state index is 0.352. The minimum atomic E-state index is -0.692. The normalized spacial score (nSPS) is 12.7. The third-order valence-corrected chi connectivity index (χ3v) is 5.65. The molecule has 2 aromatic carbocycles. The predicted molar refractivity (Wildman–Crippen MR) is 77.2 cm³/mol. The molecule has 0 fully saturated rings. The molecular weight excluding hydrogens is 395 g/mol. The zero-order valence-electron chi connectivity index (χ0n) is 12.6. The summed E-state index contributed by atoms with van der Waals surface area (Å²) in [7, 11) is 0. The Morgan fingerprint density at radius 3 is 2.55 bits per heavy atom. The van der Waals surface area contributed by atoms with Crippen LogP contribution in [0.2, 0.25) is 0 Å². The number of hydrogen-bond donors (Lipinski definition) is 0. The summed E-state index contributed by atoms with van der Waals surface area (Å²) in [6, 6.07) is 13.4. The van der Waals surface area contributed by atoms with Crippen LogP contribution in [-0.2, 0) is 4.74 Å². The van der Waals surface area contributed by atoms with Gasteiger partial charge in [-0.1, -0.05) is 12.1 Å². The lowest BCUT2D eigenvalue weighted by molar-refractivity contribution is -0.602. The molecule has 0 spiro atoms. The van der Waals surface area contributed by atoms with Crippen LogP contribution < -0.4 is 30.7 Å². The van der Waals surface area contributed by atoms with E-state index in [-0.39, 0.29) is 21.2 Å². The molecule has 1 aliphatic heterocycles. The molecule has 0 unspecified atom stereocenters. The maximum atomic E-state index is 11.7. The van der Waals surface area contributed by atoms with E-state index in [0.717, 1.165) is 15.1 Å². The molecule has 22 heavy (non-hydrogen) atoms. The average Bonchev–Trinajstić information content (AvgIpc) is 2.43. The summed E-state index contributed by atoms with van der Waals surface area (Å²) < 4.78 is 18.6. The summed E-state index contributed by atoms with van der Waals surface area (Å²) in [5.41, 5.74) is -0.569. The molecule has 0 saturated carbocycles. The molecule has 0 radical (unpaired) electrons. The number of carbonyl (C=O) groups excluding carboxylic acids is 1. The van der Waals surface area contributed by atoms with Gasteiger partial charge in [-0.25, -0.2) is 4.79 Å². The molecule has 2 aromatic rings. The molecule has 0 amide bonds. The Morgan fingerprint density at radius 2 is 1.77 bits per heavy atom. The summed E-state index contributed by atoms with van der Waals surface area (Å²) in [5, 5.41) is 0. The molecule has 0 aliphatic carbocycles. The predicted octanol–water partition coefficient (Wildman–Crippen LogP) is 1.23. The van der Waals surface area contributed by atoms with Crippen molar-refractivity contribution in [1.82, 2.24) is 0 Å². The minimum Gasteiger partial charge on any atom is -0.448 e. The van der Waals surface area contributed by atoms with Gasteiger partial charge in [0.05, 0.1) is 0 Å². The summed E-state index contributed by atoms with van der Waals surface area (Å²) >= 11 is -0.352. The first kappa shape index (κ1) is 15.1. The van der Waals surface area contributed by atoms with Crippen molar-refractivity contribution in [3.8, 4) is 17.2 Å². The van der Waals surface area contributed by atoms with Gasteiger partial charge >= 0.3 is 27.4 Å². The lowest BCUT2D eigenvalue weighted by Crippen LogP contribution is -3.61. The van der Waals surface area contributed by atoms with E-state index in [2.05, 4.69) is 6.07 Å². The SMILES string of the molecule is CC(C)(C)OC(=O)Oc1ccc2c(c1)[I+]c1ccccc1O2. The van der Waals surface area contributed by atoms with Crippen molar-refractivity contribution in [3.63, 3.8) is 0 Å². The van der Waals surface area contributed by atoms with Gasteiger partial charge in [0.1, 0.15) is 11.4 Å². The number of hydrogen-bond acceptors (Lipinski definition) is 4. The van der Waals surface area contributed by atoms with Crippen LogP contribution in [0.1, 0.15) is 20.8 Å². The van der Waals surface area contributed by atoms with Crippen LogP contribution in [0, 0.1) is 7.14 Å². The smallest absolute Gasteiger partial charge is 0.448 e. The first-order valence-corrected chi connectivity index (χ1v) is 9.03. The number of carbonyl (C=O) groups is 1. The van der Waals surface area contributed by atoms with Crippen LogP contribution in [0.25, 0.3) is 0 Å². The number of para-hydroxylation sites is 1.